The van der Waals surface area contributed by atoms with Gasteiger partial charge in [0.05, 0.1) is 11.9 Å². The number of hydrogen-bond donors (Lipinski definition) is 2. The summed E-state index contributed by atoms with van der Waals surface area (Å²) in [5.41, 5.74) is 1.94. The van der Waals surface area contributed by atoms with E-state index >= 15 is 0 Å². The van der Waals surface area contributed by atoms with Gasteiger partial charge in [-0.1, -0.05) is 30.3 Å². The zero-order chi connectivity index (χ0) is 15.4. The largest absolute Gasteiger partial charge is 0.355 e. The van der Waals surface area contributed by atoms with Gasteiger partial charge < -0.3 is 15.5 Å². The summed E-state index contributed by atoms with van der Waals surface area (Å²) in [6.45, 7) is 0.794. The van der Waals surface area contributed by atoms with E-state index in [1.165, 1.54) is 5.56 Å². The number of urea groups is 1. The van der Waals surface area contributed by atoms with Crippen molar-refractivity contribution in [2.45, 2.75) is 25.4 Å². The lowest BCUT2D eigenvalue weighted by molar-refractivity contribution is 0.251. The molecule has 1 fully saturated rings. The molecule has 114 valence electrons. The lowest BCUT2D eigenvalue weighted by Gasteiger charge is -2.18. The molecule has 0 aliphatic heterocycles. The molecule has 2 N–H and O–H groups in total. The van der Waals surface area contributed by atoms with Gasteiger partial charge in [-0.2, -0.15) is 0 Å². The van der Waals surface area contributed by atoms with E-state index in [0.717, 1.165) is 25.2 Å². The standard InChI is InChI=1S/C17H20N4O/c1-21(12-13-5-3-2-4-6-13)16-10-9-15(11-18-16)20-17(22)19-14-7-8-14/h2-6,9-11,14H,7-8,12H2,1H3,(H2,19,20,22). The van der Waals surface area contributed by atoms with Crippen molar-refractivity contribution in [2.75, 3.05) is 17.3 Å². The Labute approximate surface area is 130 Å². The number of benzene rings is 1. The lowest BCUT2D eigenvalue weighted by atomic mass is 10.2. The van der Waals surface area contributed by atoms with Crippen molar-refractivity contribution in [3.63, 3.8) is 0 Å². The van der Waals surface area contributed by atoms with Gasteiger partial charge in [0.2, 0.25) is 0 Å². The third-order valence-electron chi connectivity index (χ3n) is 3.57. The van der Waals surface area contributed by atoms with Crippen molar-refractivity contribution in [3.8, 4) is 0 Å². The highest BCUT2D eigenvalue weighted by atomic mass is 16.2. The van der Waals surface area contributed by atoms with Gasteiger partial charge in [-0.25, -0.2) is 9.78 Å². The quantitative estimate of drug-likeness (QED) is 0.891. The molecular formula is C17H20N4O. The van der Waals surface area contributed by atoms with Gasteiger partial charge in [0.15, 0.2) is 0 Å². The highest BCUT2D eigenvalue weighted by molar-refractivity contribution is 5.89. The first-order chi connectivity index (χ1) is 10.7. The van der Waals surface area contributed by atoms with Crippen LogP contribution in [0.3, 0.4) is 0 Å². The van der Waals surface area contributed by atoms with E-state index in [0.29, 0.717) is 11.7 Å². The zero-order valence-electron chi connectivity index (χ0n) is 12.6. The topological polar surface area (TPSA) is 57.3 Å². The number of carbonyl (C=O) groups excluding carboxylic acids is 1. The van der Waals surface area contributed by atoms with Gasteiger partial charge in [-0.3, -0.25) is 0 Å². The molecule has 1 aromatic carbocycles. The number of carbonyl (C=O) groups is 1. The number of rotatable bonds is 5. The average Bonchev–Trinajstić information content (AvgIpc) is 3.32. The second-order valence-electron chi connectivity index (χ2n) is 5.62. The Balaban J connectivity index is 1.57. The van der Waals surface area contributed by atoms with Crippen molar-refractivity contribution in [2.24, 2.45) is 0 Å². The summed E-state index contributed by atoms with van der Waals surface area (Å²) in [6.07, 6.45) is 3.84. The third kappa shape index (κ3) is 3.97. The van der Waals surface area contributed by atoms with E-state index in [9.17, 15) is 4.79 Å². The lowest BCUT2D eigenvalue weighted by Crippen LogP contribution is -2.30. The summed E-state index contributed by atoms with van der Waals surface area (Å²) in [5, 5.41) is 5.68. The maximum Gasteiger partial charge on any atom is 0.319 e. The number of pyridine rings is 1. The molecule has 1 saturated carbocycles. The number of nitrogens with one attached hydrogen (secondary N) is 2. The molecule has 0 atom stereocenters. The van der Waals surface area contributed by atoms with E-state index in [1.54, 1.807) is 6.20 Å². The van der Waals surface area contributed by atoms with Crippen LogP contribution < -0.4 is 15.5 Å². The number of nitrogens with zero attached hydrogens (tertiary/aromatic N) is 2. The minimum Gasteiger partial charge on any atom is -0.355 e. The molecule has 1 aliphatic carbocycles. The highest BCUT2D eigenvalue weighted by Crippen LogP contribution is 2.19. The Bertz CT molecular complexity index is 623. The maximum atomic E-state index is 11.7. The van der Waals surface area contributed by atoms with Crippen molar-refractivity contribution in [3.05, 3.63) is 54.2 Å². The molecule has 1 aromatic heterocycles. The summed E-state index contributed by atoms with van der Waals surface area (Å²) in [5.74, 6) is 0.872. The van der Waals surface area contributed by atoms with E-state index in [-0.39, 0.29) is 6.03 Å². The van der Waals surface area contributed by atoms with Gasteiger partial charge in [0.25, 0.3) is 0 Å². The molecule has 0 unspecified atom stereocenters. The molecule has 0 spiro atoms. The number of aromatic nitrogens is 1. The predicted octanol–water partition coefficient (Wildman–Crippen LogP) is 3.00. The molecular weight excluding hydrogens is 276 g/mol. The SMILES string of the molecule is CN(Cc1ccccc1)c1ccc(NC(=O)NC2CC2)cn1. The number of hydrogen-bond acceptors (Lipinski definition) is 3. The van der Waals surface area contributed by atoms with Crippen molar-refractivity contribution >= 4 is 17.5 Å². The van der Waals surface area contributed by atoms with Crippen molar-refractivity contribution in [1.29, 1.82) is 0 Å². The Morgan fingerprint density at radius 2 is 2.00 bits per heavy atom. The number of amides is 2. The molecule has 2 aromatic rings. The number of anilines is 2. The predicted molar refractivity (Wildman–Crippen MR) is 88.0 cm³/mol. The first-order valence-corrected chi connectivity index (χ1v) is 7.49. The maximum absolute atomic E-state index is 11.7. The van der Waals surface area contributed by atoms with Crippen LogP contribution in [0.25, 0.3) is 0 Å². The van der Waals surface area contributed by atoms with Crippen LogP contribution in [-0.2, 0) is 6.54 Å². The fourth-order valence-electron chi connectivity index (χ4n) is 2.20. The van der Waals surface area contributed by atoms with Crippen LogP contribution in [-0.4, -0.2) is 24.1 Å². The third-order valence-corrected chi connectivity index (χ3v) is 3.57. The molecule has 5 nitrogen and oxygen atoms in total. The second-order valence-corrected chi connectivity index (χ2v) is 5.62. The Morgan fingerprint density at radius 3 is 2.64 bits per heavy atom. The van der Waals surface area contributed by atoms with Crippen LogP contribution in [0.4, 0.5) is 16.3 Å². The highest BCUT2D eigenvalue weighted by Gasteiger charge is 2.23. The minimum absolute atomic E-state index is 0.158. The summed E-state index contributed by atoms with van der Waals surface area (Å²) < 4.78 is 0. The van der Waals surface area contributed by atoms with Crippen LogP contribution in [0.15, 0.2) is 48.7 Å². The van der Waals surface area contributed by atoms with Crippen molar-refractivity contribution in [1.82, 2.24) is 10.3 Å². The van der Waals surface area contributed by atoms with Crippen LogP contribution in [0.1, 0.15) is 18.4 Å². The van der Waals surface area contributed by atoms with Gasteiger partial charge in [-0.15, -0.1) is 0 Å². The average molecular weight is 296 g/mol. The van der Waals surface area contributed by atoms with Crippen LogP contribution in [0.5, 0.6) is 0 Å². The molecule has 1 aliphatic rings. The van der Waals surface area contributed by atoms with E-state index in [2.05, 4.69) is 32.7 Å². The normalized spacial score (nSPS) is 13.5. The monoisotopic (exact) mass is 296 g/mol. The van der Waals surface area contributed by atoms with Gasteiger partial charge in [0.1, 0.15) is 5.82 Å². The molecule has 0 saturated heterocycles. The molecule has 5 heteroatoms. The minimum atomic E-state index is -0.158. The van der Waals surface area contributed by atoms with Crippen LogP contribution in [0, 0.1) is 0 Å². The molecule has 0 radical (unpaired) electrons. The fraction of sp³-hybridized carbons (Fsp3) is 0.294. The molecule has 22 heavy (non-hydrogen) atoms. The summed E-state index contributed by atoms with van der Waals surface area (Å²) >= 11 is 0. The second kappa shape index (κ2) is 6.47. The van der Waals surface area contributed by atoms with Gasteiger partial charge >= 0.3 is 6.03 Å². The summed E-state index contributed by atoms with van der Waals surface area (Å²) in [4.78, 5) is 18.1. The van der Waals surface area contributed by atoms with E-state index in [4.69, 9.17) is 0 Å². The molecule has 3 rings (SSSR count). The van der Waals surface area contributed by atoms with Gasteiger partial charge in [0, 0.05) is 19.6 Å². The Hall–Kier alpha value is -2.56. The fourth-order valence-corrected chi connectivity index (χ4v) is 2.20. The Kier molecular flexibility index (Phi) is 4.23. The van der Waals surface area contributed by atoms with E-state index in [1.807, 2.05) is 37.4 Å². The Morgan fingerprint density at radius 1 is 1.23 bits per heavy atom. The molecule has 1 heterocycles. The molecule has 2 amide bonds. The summed E-state index contributed by atoms with van der Waals surface area (Å²) in [7, 11) is 2.00. The van der Waals surface area contributed by atoms with Gasteiger partial charge in [-0.05, 0) is 30.5 Å². The first kappa shape index (κ1) is 14.4. The first-order valence-electron chi connectivity index (χ1n) is 7.49. The van der Waals surface area contributed by atoms with Crippen molar-refractivity contribution < 1.29 is 4.79 Å². The van der Waals surface area contributed by atoms with Crippen LogP contribution >= 0.6 is 0 Å². The smallest absolute Gasteiger partial charge is 0.319 e. The summed E-state index contributed by atoms with van der Waals surface area (Å²) in [6, 6.07) is 14.2. The molecule has 0 bridgehead atoms. The van der Waals surface area contributed by atoms with Crippen LogP contribution in [0.2, 0.25) is 0 Å². The van der Waals surface area contributed by atoms with E-state index < -0.39 is 0 Å². The zero-order valence-corrected chi connectivity index (χ0v) is 12.6.